The first-order chi connectivity index (χ1) is 9.95. The Morgan fingerprint density at radius 3 is 2.55 bits per heavy atom. The van der Waals surface area contributed by atoms with Crippen molar-refractivity contribution in [3.63, 3.8) is 0 Å². The molecule has 6 atom stereocenters. The van der Waals surface area contributed by atoms with Crippen LogP contribution in [0.3, 0.4) is 0 Å². The summed E-state index contributed by atoms with van der Waals surface area (Å²) in [5.41, 5.74) is 1.81. The van der Waals surface area contributed by atoms with Gasteiger partial charge in [-0.25, -0.2) is 0 Å². The predicted molar refractivity (Wildman–Crippen MR) is 90.0 cm³/mol. The molecule has 2 nitrogen and oxygen atoms in total. The van der Waals surface area contributed by atoms with Crippen molar-refractivity contribution in [1.29, 1.82) is 0 Å². The van der Waals surface area contributed by atoms with Gasteiger partial charge in [0.2, 0.25) is 0 Å². The van der Waals surface area contributed by atoms with E-state index in [1.165, 1.54) is 12.0 Å². The van der Waals surface area contributed by atoms with E-state index in [9.17, 15) is 9.90 Å². The molecule has 0 saturated heterocycles. The van der Waals surface area contributed by atoms with Gasteiger partial charge in [-0.1, -0.05) is 25.5 Å². The van der Waals surface area contributed by atoms with Gasteiger partial charge in [0.15, 0.2) is 0 Å². The van der Waals surface area contributed by atoms with Crippen LogP contribution in [0.15, 0.2) is 11.6 Å². The number of fused-ring (bicyclic) bond motifs is 5. The highest BCUT2D eigenvalue weighted by Crippen LogP contribution is 2.63. The fourth-order valence-corrected chi connectivity index (χ4v) is 6.41. The third-order valence-electron chi connectivity index (χ3n) is 7.79. The summed E-state index contributed by atoms with van der Waals surface area (Å²) in [7, 11) is 0. The minimum atomic E-state index is -0.122. The summed E-state index contributed by atoms with van der Waals surface area (Å²) < 4.78 is 0. The molecular formula is C19H29ClO2. The molecule has 0 aromatic rings. The van der Waals surface area contributed by atoms with Crippen molar-refractivity contribution in [3.8, 4) is 0 Å². The molecule has 4 rings (SSSR count). The van der Waals surface area contributed by atoms with Crippen molar-refractivity contribution in [3.05, 3.63) is 11.6 Å². The van der Waals surface area contributed by atoms with E-state index in [1.54, 1.807) is 0 Å². The zero-order chi connectivity index (χ0) is 14.8. The standard InChI is InChI=1S/C19H28O2.ClH/c1-18-9-7-13(20)11-12(18)3-4-14-15-5-6-17(21)19(15,2)10-8-16(14)18;/h3,13-16,20H,4-11H2,1-2H3;1H/t13-,14-,15-,16-,18-,19-;/m0./s1. The second-order valence-corrected chi connectivity index (χ2v) is 8.57. The zero-order valence-corrected chi connectivity index (χ0v) is 14.6. The van der Waals surface area contributed by atoms with Crippen LogP contribution in [0.1, 0.15) is 65.2 Å². The molecule has 0 radical (unpaired) electrons. The summed E-state index contributed by atoms with van der Waals surface area (Å²) in [5, 5.41) is 10.00. The lowest BCUT2D eigenvalue weighted by molar-refractivity contribution is -0.132. The van der Waals surface area contributed by atoms with Gasteiger partial charge in [-0.2, -0.15) is 0 Å². The summed E-state index contributed by atoms with van der Waals surface area (Å²) >= 11 is 0. The molecule has 0 bridgehead atoms. The van der Waals surface area contributed by atoms with Gasteiger partial charge in [-0.15, -0.1) is 12.4 Å². The van der Waals surface area contributed by atoms with E-state index < -0.39 is 0 Å². The normalized spacial score (nSPS) is 50.3. The summed E-state index contributed by atoms with van der Waals surface area (Å²) in [4.78, 5) is 12.4. The van der Waals surface area contributed by atoms with Gasteiger partial charge in [-0.3, -0.25) is 4.79 Å². The molecule has 0 spiro atoms. The van der Waals surface area contributed by atoms with E-state index in [0.717, 1.165) is 50.9 Å². The summed E-state index contributed by atoms with van der Waals surface area (Å²) in [6.07, 6.45) is 10.7. The minimum Gasteiger partial charge on any atom is -0.393 e. The number of rotatable bonds is 0. The average molecular weight is 325 g/mol. The van der Waals surface area contributed by atoms with E-state index >= 15 is 0 Å². The number of allylic oxidation sites excluding steroid dienone is 1. The second kappa shape index (κ2) is 5.34. The number of carbonyl (C=O) groups excluding carboxylic acids is 1. The number of ketones is 1. The van der Waals surface area contributed by atoms with Crippen LogP contribution in [0.2, 0.25) is 0 Å². The highest BCUT2D eigenvalue weighted by Gasteiger charge is 2.58. The number of halogens is 1. The van der Waals surface area contributed by atoms with Crippen molar-refractivity contribution in [2.24, 2.45) is 28.6 Å². The first-order valence-corrected chi connectivity index (χ1v) is 8.86. The summed E-state index contributed by atoms with van der Waals surface area (Å²) in [5.74, 6) is 2.60. The molecule has 3 saturated carbocycles. The number of aliphatic hydroxyl groups is 1. The third kappa shape index (κ3) is 2.06. The topological polar surface area (TPSA) is 37.3 Å². The van der Waals surface area contributed by atoms with Crippen LogP contribution < -0.4 is 0 Å². The molecule has 0 aromatic heterocycles. The lowest BCUT2D eigenvalue weighted by Gasteiger charge is -2.56. The molecule has 22 heavy (non-hydrogen) atoms. The fourth-order valence-electron chi connectivity index (χ4n) is 6.41. The highest BCUT2D eigenvalue weighted by molar-refractivity contribution is 5.87. The van der Waals surface area contributed by atoms with Crippen molar-refractivity contribution in [2.75, 3.05) is 0 Å². The van der Waals surface area contributed by atoms with Gasteiger partial charge < -0.3 is 5.11 Å². The molecule has 4 aliphatic carbocycles. The van der Waals surface area contributed by atoms with Crippen LogP contribution in [0.4, 0.5) is 0 Å². The Balaban J connectivity index is 0.00000144. The number of hydrogen-bond acceptors (Lipinski definition) is 2. The smallest absolute Gasteiger partial charge is 0.139 e. The Bertz CT molecular complexity index is 514. The number of hydrogen-bond donors (Lipinski definition) is 1. The van der Waals surface area contributed by atoms with Gasteiger partial charge in [0.1, 0.15) is 5.78 Å². The van der Waals surface area contributed by atoms with E-state index in [1.807, 2.05) is 0 Å². The minimum absolute atomic E-state index is 0. The lowest BCUT2D eigenvalue weighted by Crippen LogP contribution is -2.50. The van der Waals surface area contributed by atoms with Crippen LogP contribution in [0.5, 0.6) is 0 Å². The van der Waals surface area contributed by atoms with Crippen molar-refractivity contribution >= 4 is 18.2 Å². The Labute approximate surface area is 140 Å². The molecular weight excluding hydrogens is 296 g/mol. The van der Waals surface area contributed by atoms with Gasteiger partial charge in [0.05, 0.1) is 6.10 Å². The Hall–Kier alpha value is -0.340. The van der Waals surface area contributed by atoms with Gasteiger partial charge in [-0.05, 0) is 68.1 Å². The maximum Gasteiger partial charge on any atom is 0.139 e. The van der Waals surface area contributed by atoms with Crippen molar-refractivity contribution < 1.29 is 9.90 Å². The quantitative estimate of drug-likeness (QED) is 0.674. The molecule has 0 heterocycles. The second-order valence-electron chi connectivity index (χ2n) is 8.57. The van der Waals surface area contributed by atoms with E-state index in [-0.39, 0.29) is 23.9 Å². The molecule has 4 aliphatic rings. The fraction of sp³-hybridized carbons (Fsp3) is 0.842. The Kier molecular flexibility index (Phi) is 4.01. The first kappa shape index (κ1) is 16.5. The maximum absolute atomic E-state index is 12.4. The van der Waals surface area contributed by atoms with Gasteiger partial charge >= 0.3 is 0 Å². The van der Waals surface area contributed by atoms with Crippen LogP contribution >= 0.6 is 12.4 Å². The van der Waals surface area contributed by atoms with Crippen LogP contribution in [-0.4, -0.2) is 17.0 Å². The van der Waals surface area contributed by atoms with Gasteiger partial charge in [0, 0.05) is 11.8 Å². The summed E-state index contributed by atoms with van der Waals surface area (Å²) in [6, 6.07) is 0. The van der Waals surface area contributed by atoms with Gasteiger partial charge in [0.25, 0.3) is 0 Å². The first-order valence-electron chi connectivity index (χ1n) is 8.86. The molecule has 0 aromatic carbocycles. The average Bonchev–Trinajstić information content (AvgIpc) is 2.76. The predicted octanol–water partition coefficient (Wildman–Crippen LogP) is 4.30. The number of aliphatic hydroxyl groups excluding tert-OH is 1. The van der Waals surface area contributed by atoms with E-state index in [2.05, 4.69) is 19.9 Å². The Morgan fingerprint density at radius 2 is 1.77 bits per heavy atom. The molecule has 3 fully saturated rings. The molecule has 0 aliphatic heterocycles. The molecule has 3 heteroatoms. The molecule has 0 unspecified atom stereocenters. The van der Waals surface area contributed by atoms with Crippen LogP contribution in [0.25, 0.3) is 0 Å². The zero-order valence-electron chi connectivity index (χ0n) is 13.8. The van der Waals surface area contributed by atoms with Crippen molar-refractivity contribution in [2.45, 2.75) is 71.3 Å². The van der Waals surface area contributed by atoms with Crippen LogP contribution in [-0.2, 0) is 4.79 Å². The highest BCUT2D eigenvalue weighted by atomic mass is 35.5. The van der Waals surface area contributed by atoms with Crippen LogP contribution in [0, 0.1) is 28.6 Å². The van der Waals surface area contributed by atoms with E-state index in [4.69, 9.17) is 0 Å². The van der Waals surface area contributed by atoms with E-state index in [0.29, 0.717) is 23.0 Å². The lowest BCUT2D eigenvalue weighted by atomic mass is 9.48. The molecule has 1 N–H and O–H groups in total. The van der Waals surface area contributed by atoms with Crippen molar-refractivity contribution in [1.82, 2.24) is 0 Å². The SMILES string of the molecule is C[C@]12CC[C@H](O)CC1=CC[C@@H]1[C@@H]2CC[C@]2(C)C(=O)CC[C@@H]12.Cl. The Morgan fingerprint density at radius 1 is 1.09 bits per heavy atom. The maximum atomic E-state index is 12.4. The monoisotopic (exact) mass is 324 g/mol. The third-order valence-corrected chi connectivity index (χ3v) is 7.79. The summed E-state index contributed by atoms with van der Waals surface area (Å²) in [6.45, 7) is 4.69. The molecule has 0 amide bonds. The largest absolute Gasteiger partial charge is 0.393 e. The number of Topliss-reactive ketones (excluding diaryl/α,β-unsaturated/α-hetero) is 1. The number of carbonyl (C=O) groups is 1. The molecule has 124 valence electrons.